The van der Waals surface area contributed by atoms with Crippen LogP contribution in [0.25, 0.3) is 4.85 Å². The van der Waals surface area contributed by atoms with Crippen LogP contribution in [0.2, 0.25) is 11.1 Å². The SMILES string of the molecule is [C-]#[N+]CCOP(O[C@@H]1C[C@H](n2cc(C)c(=O)[nH]c2=O)O[C@@H]1CO[Si](OC(C)(C)CCCC(=O)Oc1ccccc1)(C(C)C)C(C)C)N(C(C)C)C(C)C. The molecule has 15 heteroatoms. The minimum Gasteiger partial charge on any atom is -0.427 e. The molecule has 1 aromatic heterocycles. The molecule has 0 saturated carbocycles. The molecule has 1 N–H and O–H groups in total. The van der Waals surface area contributed by atoms with Crippen molar-refractivity contribution < 1.29 is 32.2 Å². The molecule has 0 radical (unpaired) electrons. The highest BCUT2D eigenvalue weighted by molar-refractivity contribution is 7.44. The Morgan fingerprint density at radius 2 is 1.74 bits per heavy atom. The first-order valence-electron chi connectivity index (χ1n) is 18.7. The fourth-order valence-electron chi connectivity index (χ4n) is 6.63. The van der Waals surface area contributed by atoms with Gasteiger partial charge in [0.15, 0.2) is 0 Å². The number of nitrogens with one attached hydrogen (secondary N) is 1. The molecular weight excluding hydrogens is 715 g/mol. The topological polar surface area (TPSA) is 135 Å². The minimum atomic E-state index is -3.01. The number of nitrogens with zero attached hydrogens (tertiary/aromatic N) is 3. The molecule has 1 aliphatic rings. The Balaban J connectivity index is 1.87. The molecule has 0 aliphatic carbocycles. The Hall–Kier alpha value is -2.73. The van der Waals surface area contributed by atoms with Crippen molar-refractivity contribution in [2.75, 3.05) is 19.8 Å². The summed E-state index contributed by atoms with van der Waals surface area (Å²) in [6, 6.07) is 9.22. The summed E-state index contributed by atoms with van der Waals surface area (Å²) in [5.74, 6) is 0.233. The maximum atomic E-state index is 13.0. The Bertz CT molecular complexity index is 1590. The highest BCUT2D eigenvalue weighted by Crippen LogP contribution is 2.50. The predicted octanol–water partition coefficient (Wildman–Crippen LogP) is 7.65. The van der Waals surface area contributed by atoms with Gasteiger partial charge in [-0.1, -0.05) is 45.9 Å². The Morgan fingerprint density at radius 1 is 1.09 bits per heavy atom. The first-order valence-corrected chi connectivity index (χ1v) is 21.8. The van der Waals surface area contributed by atoms with E-state index in [2.05, 4.69) is 69.9 Å². The average Bonchev–Trinajstić information content (AvgIpc) is 3.46. The van der Waals surface area contributed by atoms with Gasteiger partial charge >= 0.3 is 20.2 Å². The van der Waals surface area contributed by atoms with Crippen LogP contribution in [0.15, 0.2) is 46.1 Å². The molecular formula is C38H61N4O9PSi. The number of para-hydroxylation sites is 1. The van der Waals surface area contributed by atoms with Crippen LogP contribution in [0.5, 0.6) is 5.75 Å². The smallest absolute Gasteiger partial charge is 0.343 e. The number of aromatic nitrogens is 2. The van der Waals surface area contributed by atoms with Gasteiger partial charge in [-0.05, 0) is 84.5 Å². The molecule has 4 atom stereocenters. The molecule has 1 aliphatic heterocycles. The van der Waals surface area contributed by atoms with E-state index >= 15 is 0 Å². The highest BCUT2D eigenvalue weighted by Gasteiger charge is 2.50. The molecule has 53 heavy (non-hydrogen) atoms. The fraction of sp³-hybridized carbons (Fsp3) is 0.684. The van der Waals surface area contributed by atoms with Gasteiger partial charge in [0.2, 0.25) is 6.54 Å². The van der Waals surface area contributed by atoms with Crippen molar-refractivity contribution in [3.8, 4) is 5.75 Å². The average molecular weight is 777 g/mol. The zero-order chi connectivity index (χ0) is 39.5. The molecule has 1 saturated heterocycles. The highest BCUT2D eigenvalue weighted by atomic mass is 31.2. The lowest BCUT2D eigenvalue weighted by Crippen LogP contribution is -2.54. The van der Waals surface area contributed by atoms with E-state index in [1.807, 2.05) is 32.0 Å². The first-order chi connectivity index (χ1) is 24.9. The number of esters is 1. The number of aryl methyl sites for hydroxylation is 1. The van der Waals surface area contributed by atoms with E-state index in [0.29, 0.717) is 30.6 Å². The first kappa shape index (κ1) is 44.7. The van der Waals surface area contributed by atoms with Crippen molar-refractivity contribution in [3.05, 3.63) is 74.3 Å². The second-order valence-corrected chi connectivity index (χ2v) is 21.0. The van der Waals surface area contributed by atoms with Crippen molar-refractivity contribution in [3.63, 3.8) is 0 Å². The maximum absolute atomic E-state index is 13.0. The second-order valence-electron chi connectivity index (χ2n) is 15.4. The molecule has 0 spiro atoms. The molecule has 1 fully saturated rings. The molecule has 1 aromatic carbocycles. The molecule has 3 rings (SSSR count). The van der Waals surface area contributed by atoms with Gasteiger partial charge in [0.25, 0.3) is 14.1 Å². The van der Waals surface area contributed by atoms with Crippen LogP contribution >= 0.6 is 8.53 Å². The summed E-state index contributed by atoms with van der Waals surface area (Å²) >= 11 is 0. The van der Waals surface area contributed by atoms with Crippen molar-refractivity contribution in [1.82, 2.24) is 14.2 Å². The lowest BCUT2D eigenvalue weighted by Gasteiger charge is -2.44. The summed E-state index contributed by atoms with van der Waals surface area (Å²) in [6.45, 7) is 30.3. The Kier molecular flexibility index (Phi) is 17.1. The zero-order valence-corrected chi connectivity index (χ0v) is 35.3. The van der Waals surface area contributed by atoms with Crippen LogP contribution < -0.4 is 16.0 Å². The van der Waals surface area contributed by atoms with Gasteiger partial charge in [-0.3, -0.25) is 19.1 Å². The minimum absolute atomic E-state index is 0.0531. The predicted molar refractivity (Wildman–Crippen MR) is 209 cm³/mol. The molecule has 0 bridgehead atoms. The molecule has 296 valence electrons. The number of ether oxygens (including phenoxy) is 2. The third kappa shape index (κ3) is 12.7. The van der Waals surface area contributed by atoms with Crippen molar-refractivity contribution in [1.29, 1.82) is 0 Å². The molecule has 13 nitrogen and oxygen atoms in total. The van der Waals surface area contributed by atoms with Gasteiger partial charge in [0, 0.05) is 36.7 Å². The van der Waals surface area contributed by atoms with Crippen LogP contribution in [0, 0.1) is 13.5 Å². The number of H-pyrrole nitrogens is 1. The van der Waals surface area contributed by atoms with Gasteiger partial charge < -0.3 is 32.2 Å². The normalized spacial score (nSPS) is 18.7. The van der Waals surface area contributed by atoms with Gasteiger partial charge in [-0.25, -0.2) is 16.0 Å². The van der Waals surface area contributed by atoms with E-state index in [1.54, 1.807) is 19.1 Å². The van der Waals surface area contributed by atoms with Gasteiger partial charge in [0.05, 0.1) is 18.3 Å². The van der Waals surface area contributed by atoms with Crippen molar-refractivity contribution >= 4 is 23.1 Å². The van der Waals surface area contributed by atoms with Crippen LogP contribution in [0.1, 0.15) is 107 Å². The summed E-state index contributed by atoms with van der Waals surface area (Å²) < 4.78 is 42.7. The zero-order valence-electron chi connectivity index (χ0n) is 33.4. The maximum Gasteiger partial charge on any atom is 0.343 e. The number of carbonyl (C=O) groups is 1. The van der Waals surface area contributed by atoms with E-state index in [-0.39, 0.29) is 55.3 Å². The summed E-state index contributed by atoms with van der Waals surface area (Å²) in [4.78, 5) is 43.6. The molecule has 2 aromatic rings. The summed E-state index contributed by atoms with van der Waals surface area (Å²) in [6.07, 6.45) is 1.37. The summed E-state index contributed by atoms with van der Waals surface area (Å²) in [7, 11) is -4.63. The number of rotatable bonds is 21. The number of benzene rings is 1. The molecule has 1 unspecified atom stereocenters. The third-order valence-electron chi connectivity index (χ3n) is 9.17. The number of hydrogen-bond donors (Lipinski definition) is 1. The van der Waals surface area contributed by atoms with Gasteiger partial charge in [0.1, 0.15) is 24.7 Å². The monoisotopic (exact) mass is 776 g/mol. The van der Waals surface area contributed by atoms with Crippen molar-refractivity contribution in [2.45, 2.75) is 149 Å². The molecule has 2 heterocycles. The summed E-state index contributed by atoms with van der Waals surface area (Å²) in [5, 5.41) is 0. The summed E-state index contributed by atoms with van der Waals surface area (Å²) in [5.41, 5.74) is -1.14. The fourth-order valence-corrected chi connectivity index (χ4v) is 12.3. The van der Waals surface area contributed by atoms with Crippen LogP contribution in [-0.4, -0.2) is 78.4 Å². The van der Waals surface area contributed by atoms with Gasteiger partial charge in [-0.15, -0.1) is 0 Å². The number of carbonyl (C=O) groups excluding carboxylic acids is 1. The Morgan fingerprint density at radius 3 is 2.32 bits per heavy atom. The third-order valence-corrected chi connectivity index (χ3v) is 16.0. The molecule has 0 amide bonds. The number of aromatic amines is 1. The van der Waals surface area contributed by atoms with E-state index in [0.717, 1.165) is 0 Å². The Labute approximate surface area is 317 Å². The van der Waals surface area contributed by atoms with Crippen molar-refractivity contribution in [2.24, 2.45) is 0 Å². The van der Waals surface area contributed by atoms with E-state index in [9.17, 15) is 14.4 Å². The number of hydrogen-bond acceptors (Lipinski definition) is 10. The quantitative estimate of drug-likeness (QED) is 0.0337. The van der Waals surface area contributed by atoms with Gasteiger partial charge in [-0.2, -0.15) is 0 Å². The van der Waals surface area contributed by atoms with E-state index in [4.69, 9.17) is 33.9 Å². The van der Waals surface area contributed by atoms with E-state index in [1.165, 1.54) is 10.8 Å². The van der Waals surface area contributed by atoms with Crippen LogP contribution in [0.4, 0.5) is 0 Å². The van der Waals surface area contributed by atoms with Crippen LogP contribution in [0.3, 0.4) is 0 Å². The largest absolute Gasteiger partial charge is 0.427 e. The second kappa shape index (κ2) is 20.3. The standard InChI is InChI=1S/C38H61N4O9PSi/c1-26(2)42(27(3)4)52(46-22-21-39-12)50-32-23-34(41-24-30(9)36(44)40-37(41)45)49-33(32)25-47-53(28(5)6,29(7)8)51-38(10,11)20-16-19-35(43)48-31-17-14-13-15-18-31/h13-15,17-18,24,26-29,32-34H,16,19-23,25H2,1-11H3,(H,40,44,45)/t32-,33-,34-,52?/m1/s1. The lowest BCUT2D eigenvalue weighted by molar-refractivity contribution is -0.134. The lowest BCUT2D eigenvalue weighted by atomic mass is 10.0. The van der Waals surface area contributed by atoms with Crippen LogP contribution in [-0.2, 0) is 27.4 Å². The van der Waals surface area contributed by atoms with E-state index < -0.39 is 52.4 Å².